The molecule has 4 nitrogen and oxygen atoms in total. The van der Waals surface area contributed by atoms with Crippen molar-refractivity contribution in [3.63, 3.8) is 0 Å². The Morgan fingerprint density at radius 1 is 1.29 bits per heavy atom. The van der Waals surface area contributed by atoms with Crippen LogP contribution in [0.5, 0.6) is 0 Å². The van der Waals surface area contributed by atoms with Gasteiger partial charge in [0.2, 0.25) is 5.95 Å². The molecule has 2 atom stereocenters. The molecule has 4 heteroatoms. The molecule has 0 aliphatic carbocycles. The molecule has 2 heterocycles. The third-order valence-corrected chi connectivity index (χ3v) is 3.45. The lowest BCUT2D eigenvalue weighted by molar-refractivity contribution is 0.385. The van der Waals surface area contributed by atoms with Crippen LogP contribution in [0.1, 0.15) is 32.3 Å². The fraction of sp³-hybridized carbons (Fsp3) is 0.692. The third-order valence-electron chi connectivity index (χ3n) is 3.45. The molecule has 94 valence electrons. The van der Waals surface area contributed by atoms with Crippen LogP contribution in [0.2, 0.25) is 0 Å². The number of rotatable bonds is 3. The first-order chi connectivity index (χ1) is 8.20. The molecule has 1 aromatic heterocycles. The Kier molecular flexibility index (Phi) is 3.94. The Morgan fingerprint density at radius 3 is 2.65 bits per heavy atom. The number of aromatic nitrogens is 2. The van der Waals surface area contributed by atoms with Crippen LogP contribution < -0.4 is 10.2 Å². The molecule has 0 bridgehead atoms. The number of hydrogen-bond acceptors (Lipinski definition) is 4. The second kappa shape index (κ2) is 5.45. The zero-order chi connectivity index (χ0) is 12.3. The maximum atomic E-state index is 4.48. The van der Waals surface area contributed by atoms with E-state index in [1.807, 2.05) is 19.4 Å². The fourth-order valence-electron chi connectivity index (χ4n) is 2.36. The molecule has 1 aliphatic rings. The van der Waals surface area contributed by atoms with Crippen LogP contribution in [-0.2, 0) is 6.54 Å². The zero-order valence-corrected chi connectivity index (χ0v) is 11.0. The summed E-state index contributed by atoms with van der Waals surface area (Å²) < 4.78 is 0. The van der Waals surface area contributed by atoms with Crippen molar-refractivity contribution >= 4 is 5.95 Å². The van der Waals surface area contributed by atoms with Gasteiger partial charge in [-0.1, -0.05) is 6.92 Å². The van der Waals surface area contributed by atoms with Crippen molar-refractivity contribution < 1.29 is 0 Å². The summed E-state index contributed by atoms with van der Waals surface area (Å²) in [7, 11) is 1.93. The highest BCUT2D eigenvalue weighted by Gasteiger charge is 2.24. The van der Waals surface area contributed by atoms with E-state index in [9.17, 15) is 0 Å². The van der Waals surface area contributed by atoms with Crippen LogP contribution in [-0.4, -0.2) is 29.6 Å². The van der Waals surface area contributed by atoms with Gasteiger partial charge in [-0.15, -0.1) is 0 Å². The van der Waals surface area contributed by atoms with Gasteiger partial charge in [-0.3, -0.25) is 0 Å². The Balaban J connectivity index is 2.10. The van der Waals surface area contributed by atoms with Crippen LogP contribution >= 0.6 is 0 Å². The van der Waals surface area contributed by atoms with Gasteiger partial charge in [-0.05, 0) is 32.7 Å². The highest BCUT2D eigenvalue weighted by atomic mass is 15.3. The lowest BCUT2D eigenvalue weighted by Crippen LogP contribution is -2.42. The molecule has 1 fully saturated rings. The van der Waals surface area contributed by atoms with Crippen molar-refractivity contribution in [3.8, 4) is 0 Å². The van der Waals surface area contributed by atoms with Crippen molar-refractivity contribution in [3.05, 3.63) is 18.0 Å². The first-order valence-electron chi connectivity index (χ1n) is 6.43. The van der Waals surface area contributed by atoms with Gasteiger partial charge in [0, 0.05) is 37.1 Å². The molecular weight excluding hydrogens is 212 g/mol. The fourth-order valence-corrected chi connectivity index (χ4v) is 2.36. The summed E-state index contributed by atoms with van der Waals surface area (Å²) in [5.74, 6) is 1.62. The summed E-state index contributed by atoms with van der Waals surface area (Å²) in [5.41, 5.74) is 1.13. The van der Waals surface area contributed by atoms with Crippen molar-refractivity contribution in [2.75, 3.05) is 18.5 Å². The topological polar surface area (TPSA) is 41.1 Å². The van der Waals surface area contributed by atoms with Crippen LogP contribution in [0, 0.1) is 5.92 Å². The maximum absolute atomic E-state index is 4.48. The number of nitrogens with one attached hydrogen (secondary N) is 1. The first-order valence-corrected chi connectivity index (χ1v) is 6.43. The van der Waals surface area contributed by atoms with E-state index in [2.05, 4.69) is 34.0 Å². The van der Waals surface area contributed by atoms with Gasteiger partial charge in [0.1, 0.15) is 0 Å². The predicted molar refractivity (Wildman–Crippen MR) is 70.0 cm³/mol. The Bertz CT molecular complexity index is 349. The normalized spacial score (nSPS) is 25.0. The van der Waals surface area contributed by atoms with E-state index < -0.39 is 0 Å². The van der Waals surface area contributed by atoms with Gasteiger partial charge in [0.15, 0.2) is 0 Å². The quantitative estimate of drug-likeness (QED) is 0.866. The summed E-state index contributed by atoms with van der Waals surface area (Å²) in [6, 6.07) is 0.557. The van der Waals surface area contributed by atoms with Gasteiger partial charge >= 0.3 is 0 Å². The monoisotopic (exact) mass is 234 g/mol. The number of hydrogen-bond donors (Lipinski definition) is 1. The molecule has 17 heavy (non-hydrogen) atoms. The van der Waals surface area contributed by atoms with Crippen LogP contribution in [0.15, 0.2) is 12.4 Å². The van der Waals surface area contributed by atoms with E-state index in [1.165, 1.54) is 12.8 Å². The van der Waals surface area contributed by atoms with Gasteiger partial charge in [-0.2, -0.15) is 0 Å². The molecule has 1 aliphatic heterocycles. The summed E-state index contributed by atoms with van der Waals surface area (Å²) in [6.07, 6.45) is 6.40. The average molecular weight is 234 g/mol. The van der Waals surface area contributed by atoms with E-state index in [4.69, 9.17) is 0 Å². The molecule has 1 saturated heterocycles. The van der Waals surface area contributed by atoms with Gasteiger partial charge in [0.25, 0.3) is 0 Å². The van der Waals surface area contributed by atoms with E-state index >= 15 is 0 Å². The second-order valence-corrected chi connectivity index (χ2v) is 5.11. The standard InChI is InChI=1S/C13H22N4/c1-10-4-5-11(2)17(9-10)13-15-7-12(6-14-3)8-16-13/h7-8,10-11,14H,4-6,9H2,1-3H3. The highest BCUT2D eigenvalue weighted by Crippen LogP contribution is 2.24. The second-order valence-electron chi connectivity index (χ2n) is 5.11. The summed E-state index contributed by atoms with van der Waals surface area (Å²) in [5, 5.41) is 3.11. The molecule has 0 spiro atoms. The van der Waals surface area contributed by atoms with Gasteiger partial charge in [-0.25, -0.2) is 9.97 Å². The average Bonchev–Trinajstić information content (AvgIpc) is 2.34. The molecule has 0 aromatic carbocycles. The molecular formula is C13H22N4. The zero-order valence-electron chi connectivity index (χ0n) is 11.0. The molecule has 2 rings (SSSR count). The third kappa shape index (κ3) is 2.94. The van der Waals surface area contributed by atoms with Crippen molar-refractivity contribution in [1.29, 1.82) is 0 Å². The summed E-state index contributed by atoms with van der Waals surface area (Å²) in [6.45, 7) is 6.46. The minimum atomic E-state index is 0.557. The number of anilines is 1. The SMILES string of the molecule is CNCc1cnc(N2CC(C)CCC2C)nc1. The lowest BCUT2D eigenvalue weighted by atomic mass is 9.95. The van der Waals surface area contributed by atoms with E-state index in [-0.39, 0.29) is 0 Å². The van der Waals surface area contributed by atoms with Crippen molar-refractivity contribution in [2.45, 2.75) is 39.3 Å². The Hall–Kier alpha value is -1.16. The number of nitrogens with zero attached hydrogens (tertiary/aromatic N) is 3. The predicted octanol–water partition coefficient (Wildman–Crippen LogP) is 1.82. The van der Waals surface area contributed by atoms with E-state index in [1.54, 1.807) is 0 Å². The maximum Gasteiger partial charge on any atom is 0.225 e. The first kappa shape index (κ1) is 12.3. The molecule has 2 unspecified atom stereocenters. The lowest BCUT2D eigenvalue weighted by Gasteiger charge is -2.36. The Labute approximate surface area is 103 Å². The highest BCUT2D eigenvalue weighted by molar-refractivity contribution is 5.32. The number of piperidine rings is 1. The summed E-state index contributed by atoms with van der Waals surface area (Å²) in [4.78, 5) is 11.3. The molecule has 0 amide bonds. The molecule has 1 aromatic rings. The van der Waals surface area contributed by atoms with Gasteiger partial charge in [0.05, 0.1) is 0 Å². The largest absolute Gasteiger partial charge is 0.338 e. The van der Waals surface area contributed by atoms with E-state index in [0.717, 1.165) is 30.5 Å². The molecule has 1 N–H and O–H groups in total. The Morgan fingerprint density at radius 2 is 2.00 bits per heavy atom. The van der Waals surface area contributed by atoms with Crippen LogP contribution in [0.25, 0.3) is 0 Å². The van der Waals surface area contributed by atoms with Crippen LogP contribution in [0.3, 0.4) is 0 Å². The minimum absolute atomic E-state index is 0.557. The minimum Gasteiger partial charge on any atom is -0.338 e. The summed E-state index contributed by atoms with van der Waals surface area (Å²) >= 11 is 0. The van der Waals surface area contributed by atoms with E-state index in [0.29, 0.717) is 6.04 Å². The smallest absolute Gasteiger partial charge is 0.225 e. The van der Waals surface area contributed by atoms with Gasteiger partial charge < -0.3 is 10.2 Å². The molecule has 0 saturated carbocycles. The van der Waals surface area contributed by atoms with Crippen molar-refractivity contribution in [2.24, 2.45) is 5.92 Å². The van der Waals surface area contributed by atoms with Crippen molar-refractivity contribution in [1.82, 2.24) is 15.3 Å². The molecule has 0 radical (unpaired) electrons. The van der Waals surface area contributed by atoms with Crippen LogP contribution in [0.4, 0.5) is 5.95 Å².